The molecule has 0 N–H and O–H groups in total. The Morgan fingerprint density at radius 1 is 1.55 bits per heavy atom. The topological polar surface area (TPSA) is 0 Å². The molecule has 0 aromatic carbocycles. The maximum absolute atomic E-state index is 3.76. The highest BCUT2D eigenvalue weighted by Crippen LogP contribution is 2.38. The lowest BCUT2D eigenvalue weighted by molar-refractivity contribution is 0.893. The molecule has 0 heterocycles. The van der Waals surface area contributed by atoms with E-state index in [1.165, 1.54) is 4.48 Å². The molecule has 1 rings (SSSR count). The van der Waals surface area contributed by atoms with Gasteiger partial charge in [-0.1, -0.05) is 53.9 Å². The molecule has 0 saturated heterocycles. The van der Waals surface area contributed by atoms with Crippen molar-refractivity contribution < 1.29 is 0 Å². The zero-order chi connectivity index (χ0) is 8.48. The zero-order valence-electron chi connectivity index (χ0n) is 5.78. The summed E-state index contributed by atoms with van der Waals surface area (Å²) >= 11 is 10.5. The van der Waals surface area contributed by atoms with Gasteiger partial charge in [0.2, 0.25) is 0 Å². The van der Waals surface area contributed by atoms with Crippen LogP contribution in [-0.4, -0.2) is 4.32 Å². The summed E-state index contributed by atoms with van der Waals surface area (Å²) in [4.78, 5) is 0. The van der Waals surface area contributed by atoms with Gasteiger partial charge in [-0.05, 0) is 16.6 Å². The van der Waals surface area contributed by atoms with Crippen molar-refractivity contribution >= 4 is 47.8 Å². The lowest BCUT2D eigenvalue weighted by atomic mass is 10.0. The minimum Gasteiger partial charge on any atom is -0.101 e. The Bertz CT molecular complexity index is 240. The number of halogens is 3. The summed E-state index contributed by atoms with van der Waals surface area (Å²) in [6, 6.07) is 0. The zero-order valence-corrected chi connectivity index (χ0v) is 10.5. The van der Waals surface area contributed by atoms with E-state index in [0.29, 0.717) is 0 Å². The minimum absolute atomic E-state index is 0.0839. The van der Waals surface area contributed by atoms with Crippen LogP contribution in [0.3, 0.4) is 0 Å². The van der Waals surface area contributed by atoms with Gasteiger partial charge in [0.15, 0.2) is 0 Å². The SMILES string of the molecule is C=CC1(Br)C=C(Br)C=C(Br)C1. The van der Waals surface area contributed by atoms with Gasteiger partial charge in [0.1, 0.15) is 0 Å². The molecule has 0 saturated carbocycles. The van der Waals surface area contributed by atoms with E-state index in [4.69, 9.17) is 0 Å². The fraction of sp³-hybridized carbons (Fsp3) is 0.250. The van der Waals surface area contributed by atoms with Crippen molar-refractivity contribution in [2.45, 2.75) is 10.7 Å². The smallest absolute Gasteiger partial charge is 0.0673 e. The van der Waals surface area contributed by atoms with Crippen LogP contribution in [0.4, 0.5) is 0 Å². The van der Waals surface area contributed by atoms with Crippen LogP contribution in [0.2, 0.25) is 0 Å². The fourth-order valence-electron chi connectivity index (χ4n) is 0.913. The van der Waals surface area contributed by atoms with E-state index < -0.39 is 0 Å². The molecule has 60 valence electrons. The number of alkyl halides is 1. The summed E-state index contributed by atoms with van der Waals surface area (Å²) < 4.78 is 2.16. The molecule has 0 spiro atoms. The first-order chi connectivity index (χ1) is 5.06. The molecule has 1 unspecified atom stereocenters. The average molecular weight is 343 g/mol. The first kappa shape index (κ1) is 9.75. The van der Waals surface area contributed by atoms with Gasteiger partial charge in [-0.15, -0.1) is 6.58 Å². The third kappa shape index (κ3) is 2.56. The van der Waals surface area contributed by atoms with E-state index in [9.17, 15) is 0 Å². The second-order valence-electron chi connectivity index (χ2n) is 2.43. The Balaban J connectivity index is 2.95. The number of rotatable bonds is 1. The van der Waals surface area contributed by atoms with Crippen LogP contribution in [0.5, 0.6) is 0 Å². The van der Waals surface area contributed by atoms with E-state index in [-0.39, 0.29) is 4.32 Å². The molecule has 0 aromatic rings. The summed E-state index contributed by atoms with van der Waals surface area (Å²) in [5.41, 5.74) is 0. The van der Waals surface area contributed by atoms with Crippen molar-refractivity contribution in [3.63, 3.8) is 0 Å². The highest BCUT2D eigenvalue weighted by molar-refractivity contribution is 9.12. The molecule has 0 radical (unpaired) electrons. The van der Waals surface area contributed by atoms with E-state index >= 15 is 0 Å². The van der Waals surface area contributed by atoms with Crippen LogP contribution in [0.15, 0.2) is 33.8 Å². The Morgan fingerprint density at radius 3 is 2.64 bits per heavy atom. The predicted octanol–water partition coefficient (Wildman–Crippen LogP) is 4.27. The van der Waals surface area contributed by atoms with Gasteiger partial charge in [-0.2, -0.15) is 0 Å². The average Bonchev–Trinajstić information content (AvgIpc) is 1.84. The second kappa shape index (κ2) is 3.58. The molecular weight excluding hydrogens is 336 g/mol. The largest absolute Gasteiger partial charge is 0.101 e. The highest BCUT2D eigenvalue weighted by Gasteiger charge is 2.24. The van der Waals surface area contributed by atoms with Gasteiger partial charge in [0, 0.05) is 10.9 Å². The van der Waals surface area contributed by atoms with Gasteiger partial charge in [0.25, 0.3) is 0 Å². The minimum atomic E-state index is -0.0839. The number of hydrogen-bond acceptors (Lipinski definition) is 0. The summed E-state index contributed by atoms with van der Waals surface area (Å²) in [6.07, 6.45) is 6.95. The van der Waals surface area contributed by atoms with E-state index in [2.05, 4.69) is 60.4 Å². The van der Waals surface area contributed by atoms with Gasteiger partial charge < -0.3 is 0 Å². The Labute approximate surface area is 91.8 Å². The molecule has 0 bridgehead atoms. The monoisotopic (exact) mass is 340 g/mol. The van der Waals surface area contributed by atoms with Crippen molar-refractivity contribution in [2.75, 3.05) is 0 Å². The van der Waals surface area contributed by atoms with Crippen molar-refractivity contribution in [1.82, 2.24) is 0 Å². The van der Waals surface area contributed by atoms with Crippen LogP contribution in [0, 0.1) is 0 Å². The Hall–Kier alpha value is 0.660. The lowest BCUT2D eigenvalue weighted by Crippen LogP contribution is -2.15. The highest BCUT2D eigenvalue weighted by atomic mass is 79.9. The molecule has 0 aliphatic heterocycles. The van der Waals surface area contributed by atoms with Gasteiger partial charge >= 0.3 is 0 Å². The molecule has 0 nitrogen and oxygen atoms in total. The second-order valence-corrected chi connectivity index (χ2v) is 5.84. The van der Waals surface area contributed by atoms with Crippen LogP contribution in [0.1, 0.15) is 6.42 Å². The molecule has 1 aliphatic rings. The van der Waals surface area contributed by atoms with Crippen LogP contribution < -0.4 is 0 Å². The molecule has 11 heavy (non-hydrogen) atoms. The summed E-state index contributed by atoms with van der Waals surface area (Å²) in [5.74, 6) is 0. The third-order valence-corrected chi connectivity index (χ3v) is 3.25. The van der Waals surface area contributed by atoms with Crippen LogP contribution >= 0.6 is 47.8 Å². The Kier molecular flexibility index (Phi) is 3.18. The van der Waals surface area contributed by atoms with E-state index in [0.717, 1.165) is 10.9 Å². The molecule has 0 fully saturated rings. The first-order valence-electron chi connectivity index (χ1n) is 3.13. The molecular formula is C8H7Br3. The van der Waals surface area contributed by atoms with Gasteiger partial charge in [-0.25, -0.2) is 0 Å². The Morgan fingerprint density at radius 2 is 2.18 bits per heavy atom. The van der Waals surface area contributed by atoms with Crippen LogP contribution in [0.25, 0.3) is 0 Å². The lowest BCUT2D eigenvalue weighted by Gasteiger charge is -2.22. The summed E-state index contributed by atoms with van der Waals surface area (Å²) in [6.45, 7) is 3.76. The molecule has 1 atom stereocenters. The number of hydrogen-bond donors (Lipinski definition) is 0. The predicted molar refractivity (Wildman–Crippen MR) is 60.5 cm³/mol. The van der Waals surface area contributed by atoms with Gasteiger partial charge in [0.05, 0.1) is 4.32 Å². The molecule has 1 aliphatic carbocycles. The quantitative estimate of drug-likeness (QED) is 0.493. The molecule has 3 heteroatoms. The third-order valence-electron chi connectivity index (χ3n) is 1.45. The van der Waals surface area contributed by atoms with Crippen molar-refractivity contribution in [3.8, 4) is 0 Å². The van der Waals surface area contributed by atoms with Crippen molar-refractivity contribution in [3.05, 3.63) is 33.8 Å². The summed E-state index contributed by atoms with van der Waals surface area (Å²) in [5, 5.41) is 0. The molecule has 0 amide bonds. The van der Waals surface area contributed by atoms with Crippen LogP contribution in [-0.2, 0) is 0 Å². The standard InChI is InChI=1S/C8H7Br3/c1-2-8(11)4-6(9)3-7(10)5-8/h2-4H,1,5H2. The van der Waals surface area contributed by atoms with Crippen molar-refractivity contribution in [2.24, 2.45) is 0 Å². The maximum Gasteiger partial charge on any atom is 0.0673 e. The van der Waals surface area contributed by atoms with Crippen molar-refractivity contribution in [1.29, 1.82) is 0 Å². The first-order valence-corrected chi connectivity index (χ1v) is 5.50. The fourth-order valence-corrected chi connectivity index (χ4v) is 3.85. The van der Waals surface area contributed by atoms with E-state index in [1.54, 1.807) is 0 Å². The van der Waals surface area contributed by atoms with E-state index in [1.807, 2.05) is 12.2 Å². The maximum atomic E-state index is 3.76. The number of allylic oxidation sites excluding steroid dienone is 5. The normalized spacial score (nSPS) is 30.8. The summed E-state index contributed by atoms with van der Waals surface area (Å²) in [7, 11) is 0. The molecule has 0 aromatic heterocycles. The van der Waals surface area contributed by atoms with Gasteiger partial charge in [-0.3, -0.25) is 0 Å².